The fourth-order valence-electron chi connectivity index (χ4n) is 2.87. The minimum absolute atomic E-state index is 0.0136. The van der Waals surface area contributed by atoms with Gasteiger partial charge in [-0.2, -0.15) is 0 Å². The number of aromatic hydroxyl groups is 2. The number of rotatable bonds is 7. The molecule has 3 rings (SSSR count). The number of aromatic amines is 1. The van der Waals surface area contributed by atoms with Crippen molar-refractivity contribution in [1.82, 2.24) is 9.55 Å². The summed E-state index contributed by atoms with van der Waals surface area (Å²) < 4.78 is 5.95. The molecule has 1 atom stereocenters. The molecular weight excluding hydrogens is 406 g/mol. The van der Waals surface area contributed by atoms with Crippen LogP contribution in [0.5, 0.6) is 17.4 Å². The highest BCUT2D eigenvalue weighted by Crippen LogP contribution is 2.20. The lowest BCUT2D eigenvalue weighted by Crippen LogP contribution is -2.31. The maximum atomic E-state index is 12.3. The maximum Gasteiger partial charge on any atom is 0.335 e. The molecule has 0 aliphatic heterocycles. The lowest BCUT2D eigenvalue weighted by molar-refractivity contribution is -0.138. The van der Waals surface area contributed by atoms with Crippen molar-refractivity contribution >= 4 is 12.2 Å². The van der Waals surface area contributed by atoms with Gasteiger partial charge in [-0.15, -0.1) is 0 Å². The number of carboxylic acids is 1. The summed E-state index contributed by atoms with van der Waals surface area (Å²) in [6.07, 6.45) is 0.907. The van der Waals surface area contributed by atoms with Crippen LogP contribution in [0.1, 0.15) is 11.1 Å². The average molecular weight is 425 g/mol. The number of aliphatic imine (C=N–C) groups is 1. The number of carboxylic acid groups (broad SMARTS) is 1. The molecule has 0 radical (unpaired) electrons. The first-order valence-electron chi connectivity index (χ1n) is 9.06. The molecule has 0 saturated heterocycles. The zero-order chi connectivity index (χ0) is 22.5. The van der Waals surface area contributed by atoms with E-state index in [1.54, 1.807) is 24.3 Å². The highest BCUT2D eigenvalue weighted by molar-refractivity contribution is 5.85. The van der Waals surface area contributed by atoms with Crippen LogP contribution >= 0.6 is 0 Å². The van der Waals surface area contributed by atoms with E-state index < -0.39 is 29.1 Å². The van der Waals surface area contributed by atoms with Crippen molar-refractivity contribution in [2.24, 2.45) is 4.99 Å². The molecule has 160 valence electrons. The Bertz CT molecular complexity index is 1240. The van der Waals surface area contributed by atoms with Crippen molar-refractivity contribution < 1.29 is 24.9 Å². The minimum atomic E-state index is -1.26. The third-order valence-corrected chi connectivity index (χ3v) is 4.47. The summed E-state index contributed by atoms with van der Waals surface area (Å²) in [5, 5.41) is 29.4. The van der Waals surface area contributed by atoms with Gasteiger partial charge in [-0.3, -0.25) is 14.8 Å². The van der Waals surface area contributed by atoms with E-state index in [1.165, 1.54) is 31.4 Å². The second-order valence-electron chi connectivity index (χ2n) is 6.54. The van der Waals surface area contributed by atoms with Crippen LogP contribution < -0.4 is 16.0 Å². The fraction of sp³-hybridized carbons (Fsp3) is 0.143. The number of ether oxygens (including phenoxy) is 1. The SMILES string of the molecule is COc1cccc(-n2c(O)c(C=N[C@H](Cc3ccc(O)cc3)C(=O)O)c(=O)[nH]c2=O)c1. The molecule has 1 heterocycles. The first kappa shape index (κ1) is 21.4. The van der Waals surface area contributed by atoms with Crippen LogP contribution in [0.25, 0.3) is 5.69 Å². The van der Waals surface area contributed by atoms with Crippen LogP contribution in [0, 0.1) is 0 Å². The van der Waals surface area contributed by atoms with E-state index in [9.17, 15) is 29.7 Å². The second kappa shape index (κ2) is 8.99. The standard InChI is InChI=1S/C21H19N3O7/c1-31-15-4-2-3-13(10-15)24-19(27)16(18(26)23-21(24)30)11-22-17(20(28)29)9-12-5-7-14(25)8-6-12/h2-8,10-11,17,25,27H,9H2,1H3,(H,28,29)(H,23,26,30)/t17-/m1/s1. The summed E-state index contributed by atoms with van der Waals surface area (Å²) in [5.74, 6) is -1.48. The average Bonchev–Trinajstić information content (AvgIpc) is 2.73. The van der Waals surface area contributed by atoms with E-state index in [0.29, 0.717) is 11.3 Å². The molecule has 0 aliphatic rings. The highest BCUT2D eigenvalue weighted by atomic mass is 16.5. The number of carbonyl (C=O) groups is 1. The van der Waals surface area contributed by atoms with Gasteiger partial charge in [-0.25, -0.2) is 14.2 Å². The van der Waals surface area contributed by atoms with Crippen molar-refractivity contribution in [1.29, 1.82) is 0 Å². The molecule has 0 bridgehead atoms. The Labute approximate surface area is 175 Å². The molecule has 10 nitrogen and oxygen atoms in total. The molecule has 1 aromatic heterocycles. The second-order valence-corrected chi connectivity index (χ2v) is 6.54. The minimum Gasteiger partial charge on any atom is -0.508 e. The Balaban J connectivity index is 2.00. The fourth-order valence-corrected chi connectivity index (χ4v) is 2.87. The van der Waals surface area contributed by atoms with E-state index in [2.05, 4.69) is 9.98 Å². The molecule has 31 heavy (non-hydrogen) atoms. The number of nitrogens with zero attached hydrogens (tertiary/aromatic N) is 2. The van der Waals surface area contributed by atoms with Crippen LogP contribution in [0.2, 0.25) is 0 Å². The number of benzene rings is 2. The van der Waals surface area contributed by atoms with Gasteiger partial charge in [0, 0.05) is 18.7 Å². The number of aromatic nitrogens is 2. The zero-order valence-corrected chi connectivity index (χ0v) is 16.3. The first-order valence-corrected chi connectivity index (χ1v) is 9.06. The lowest BCUT2D eigenvalue weighted by atomic mass is 10.1. The van der Waals surface area contributed by atoms with Gasteiger partial charge < -0.3 is 20.1 Å². The van der Waals surface area contributed by atoms with Crippen LogP contribution in [-0.4, -0.2) is 50.2 Å². The topological polar surface area (TPSA) is 154 Å². The van der Waals surface area contributed by atoms with E-state index in [4.69, 9.17) is 4.74 Å². The number of methoxy groups -OCH3 is 1. The molecule has 4 N–H and O–H groups in total. The van der Waals surface area contributed by atoms with E-state index in [0.717, 1.165) is 10.8 Å². The summed E-state index contributed by atoms with van der Waals surface area (Å²) >= 11 is 0. The van der Waals surface area contributed by atoms with Crippen molar-refractivity contribution in [2.45, 2.75) is 12.5 Å². The molecule has 2 aromatic carbocycles. The molecule has 10 heteroatoms. The number of aliphatic carboxylic acids is 1. The first-order chi connectivity index (χ1) is 14.8. The normalized spacial score (nSPS) is 12.0. The molecule has 3 aromatic rings. The summed E-state index contributed by atoms with van der Waals surface area (Å²) in [7, 11) is 1.44. The van der Waals surface area contributed by atoms with Gasteiger partial charge in [0.25, 0.3) is 5.56 Å². The van der Waals surface area contributed by atoms with Gasteiger partial charge in [0.2, 0.25) is 5.88 Å². The summed E-state index contributed by atoms with van der Waals surface area (Å²) in [5.41, 5.74) is -1.35. The monoisotopic (exact) mass is 425 g/mol. The van der Waals surface area contributed by atoms with Crippen molar-refractivity contribution in [3.63, 3.8) is 0 Å². The van der Waals surface area contributed by atoms with Crippen LogP contribution in [0.3, 0.4) is 0 Å². The Morgan fingerprint density at radius 3 is 2.55 bits per heavy atom. The molecule has 0 unspecified atom stereocenters. The van der Waals surface area contributed by atoms with Gasteiger partial charge in [-0.05, 0) is 29.8 Å². The highest BCUT2D eigenvalue weighted by Gasteiger charge is 2.19. The summed E-state index contributed by atoms with van der Waals surface area (Å²) in [6.45, 7) is 0. The predicted molar refractivity (Wildman–Crippen MR) is 112 cm³/mol. The van der Waals surface area contributed by atoms with Crippen molar-refractivity contribution in [3.05, 3.63) is 80.5 Å². The number of phenols is 1. The molecular formula is C21H19N3O7. The van der Waals surface area contributed by atoms with Gasteiger partial charge in [0.05, 0.1) is 12.8 Å². The molecule has 0 fully saturated rings. The van der Waals surface area contributed by atoms with E-state index in [-0.39, 0.29) is 23.4 Å². The quantitative estimate of drug-likeness (QED) is 0.413. The van der Waals surface area contributed by atoms with Gasteiger partial charge in [0.1, 0.15) is 17.1 Å². The lowest BCUT2D eigenvalue weighted by Gasteiger charge is -2.11. The largest absolute Gasteiger partial charge is 0.508 e. The summed E-state index contributed by atoms with van der Waals surface area (Å²) in [4.78, 5) is 42.1. The van der Waals surface area contributed by atoms with E-state index in [1.807, 2.05) is 0 Å². The van der Waals surface area contributed by atoms with E-state index >= 15 is 0 Å². The van der Waals surface area contributed by atoms with Gasteiger partial charge >= 0.3 is 11.7 Å². The third kappa shape index (κ3) is 4.81. The van der Waals surface area contributed by atoms with Crippen molar-refractivity contribution in [2.75, 3.05) is 7.11 Å². The third-order valence-electron chi connectivity index (χ3n) is 4.47. The Hall–Kier alpha value is -4.34. The Morgan fingerprint density at radius 2 is 1.90 bits per heavy atom. The smallest absolute Gasteiger partial charge is 0.335 e. The molecule has 0 amide bonds. The molecule has 0 spiro atoms. The van der Waals surface area contributed by atoms with Gasteiger partial charge in [-0.1, -0.05) is 18.2 Å². The van der Waals surface area contributed by atoms with Gasteiger partial charge in [0.15, 0.2) is 6.04 Å². The number of phenolic OH excluding ortho intramolecular Hbond substituents is 1. The maximum absolute atomic E-state index is 12.3. The molecule has 0 aliphatic carbocycles. The number of nitrogens with one attached hydrogen (secondary N) is 1. The number of hydrogen-bond acceptors (Lipinski definition) is 7. The number of H-pyrrole nitrogens is 1. The van der Waals surface area contributed by atoms with Crippen LogP contribution in [-0.2, 0) is 11.2 Å². The Kier molecular flexibility index (Phi) is 6.20. The summed E-state index contributed by atoms with van der Waals surface area (Å²) in [6, 6.07) is 10.9. The van der Waals surface area contributed by atoms with Crippen molar-refractivity contribution in [3.8, 4) is 23.1 Å². The zero-order valence-electron chi connectivity index (χ0n) is 16.3. The predicted octanol–water partition coefficient (Wildman–Crippen LogP) is 1.06. The molecule has 0 saturated carbocycles. The Morgan fingerprint density at radius 1 is 1.19 bits per heavy atom. The van der Waals surface area contributed by atoms with Crippen LogP contribution in [0.15, 0.2) is 63.1 Å². The van der Waals surface area contributed by atoms with Crippen LogP contribution in [0.4, 0.5) is 0 Å². The number of hydrogen-bond donors (Lipinski definition) is 4.